The van der Waals surface area contributed by atoms with Gasteiger partial charge < -0.3 is 0 Å². The van der Waals surface area contributed by atoms with Crippen molar-refractivity contribution in [3.8, 4) is 0 Å². The van der Waals surface area contributed by atoms with E-state index >= 15 is 0 Å². The standard InChI is InChI=1S/C5H8F2N4/c1-2-3-11-5(4(6)7)8-9-10-11/h4H,2-3H2,1H3. The van der Waals surface area contributed by atoms with Crippen LogP contribution in [0, 0.1) is 0 Å². The van der Waals surface area contributed by atoms with Crippen LogP contribution >= 0.6 is 0 Å². The molecule has 0 aromatic carbocycles. The van der Waals surface area contributed by atoms with Gasteiger partial charge in [0.2, 0.25) is 5.82 Å². The Morgan fingerprint density at radius 3 is 2.82 bits per heavy atom. The monoisotopic (exact) mass is 162 g/mol. The summed E-state index contributed by atoms with van der Waals surface area (Å²) in [5, 5.41) is 9.73. The highest BCUT2D eigenvalue weighted by Crippen LogP contribution is 2.13. The number of hydrogen-bond donors (Lipinski definition) is 0. The van der Waals surface area contributed by atoms with Crippen molar-refractivity contribution in [1.29, 1.82) is 0 Å². The van der Waals surface area contributed by atoms with Crippen LogP contribution in [0.3, 0.4) is 0 Å². The van der Waals surface area contributed by atoms with Gasteiger partial charge in [-0.1, -0.05) is 6.92 Å². The van der Waals surface area contributed by atoms with Crippen molar-refractivity contribution >= 4 is 0 Å². The number of rotatable bonds is 3. The van der Waals surface area contributed by atoms with E-state index in [4.69, 9.17) is 0 Å². The largest absolute Gasteiger partial charge is 0.298 e. The lowest BCUT2D eigenvalue weighted by Crippen LogP contribution is -2.05. The molecule has 0 N–H and O–H groups in total. The first-order valence-electron chi connectivity index (χ1n) is 3.30. The Labute approximate surface area is 62.2 Å². The SMILES string of the molecule is CCCn1nnnc1C(F)F. The summed E-state index contributed by atoms with van der Waals surface area (Å²) in [6, 6.07) is 0. The Bertz CT molecular complexity index is 222. The molecule has 0 fully saturated rings. The average molecular weight is 162 g/mol. The number of halogens is 2. The molecule has 0 aliphatic carbocycles. The van der Waals surface area contributed by atoms with Crippen LogP contribution < -0.4 is 0 Å². The number of nitrogens with zero attached hydrogens (tertiary/aromatic N) is 4. The van der Waals surface area contributed by atoms with Crippen LogP contribution in [0.25, 0.3) is 0 Å². The molecule has 0 atom stereocenters. The molecule has 1 heterocycles. The summed E-state index contributed by atoms with van der Waals surface area (Å²) in [6.07, 6.45) is -1.85. The summed E-state index contributed by atoms with van der Waals surface area (Å²) in [5.74, 6) is -0.355. The predicted octanol–water partition coefficient (Wildman–Crippen LogP) is 1.02. The summed E-state index contributed by atoms with van der Waals surface area (Å²) < 4.78 is 25.2. The summed E-state index contributed by atoms with van der Waals surface area (Å²) in [4.78, 5) is 0. The molecular weight excluding hydrogens is 154 g/mol. The Morgan fingerprint density at radius 1 is 1.55 bits per heavy atom. The predicted molar refractivity (Wildman–Crippen MR) is 33.1 cm³/mol. The van der Waals surface area contributed by atoms with Gasteiger partial charge >= 0.3 is 0 Å². The van der Waals surface area contributed by atoms with Gasteiger partial charge in [0.1, 0.15) is 0 Å². The van der Waals surface area contributed by atoms with E-state index in [1.54, 1.807) is 0 Å². The molecule has 1 aromatic heterocycles. The van der Waals surface area contributed by atoms with Crippen molar-refractivity contribution in [2.75, 3.05) is 0 Å². The molecule has 6 heteroatoms. The van der Waals surface area contributed by atoms with Crippen LogP contribution in [-0.4, -0.2) is 20.2 Å². The van der Waals surface area contributed by atoms with Crippen LogP contribution in [0.4, 0.5) is 8.78 Å². The summed E-state index contributed by atoms with van der Waals surface area (Å²) in [6.45, 7) is 2.31. The molecule has 0 radical (unpaired) electrons. The fourth-order valence-electron chi connectivity index (χ4n) is 0.739. The maximum absolute atomic E-state index is 12.0. The second kappa shape index (κ2) is 3.36. The van der Waals surface area contributed by atoms with Crippen LogP contribution in [0.5, 0.6) is 0 Å². The molecule has 1 aromatic rings. The van der Waals surface area contributed by atoms with E-state index in [0.717, 1.165) is 11.1 Å². The number of aryl methyl sites for hydroxylation is 1. The number of hydrogen-bond acceptors (Lipinski definition) is 3. The maximum Gasteiger partial charge on any atom is 0.298 e. The molecule has 0 spiro atoms. The van der Waals surface area contributed by atoms with E-state index in [9.17, 15) is 8.78 Å². The third kappa shape index (κ3) is 1.69. The van der Waals surface area contributed by atoms with Gasteiger partial charge in [-0.2, -0.15) is 0 Å². The van der Waals surface area contributed by atoms with Crippen molar-refractivity contribution in [2.24, 2.45) is 0 Å². The number of tetrazole rings is 1. The van der Waals surface area contributed by atoms with Gasteiger partial charge in [-0.05, 0) is 16.8 Å². The van der Waals surface area contributed by atoms with Crippen molar-refractivity contribution in [1.82, 2.24) is 20.2 Å². The van der Waals surface area contributed by atoms with Crippen molar-refractivity contribution in [3.05, 3.63) is 5.82 Å². The van der Waals surface area contributed by atoms with E-state index in [1.807, 2.05) is 6.92 Å². The highest BCUT2D eigenvalue weighted by molar-refractivity contribution is 4.81. The Kier molecular flexibility index (Phi) is 2.45. The minimum absolute atomic E-state index is 0.355. The molecule has 0 saturated carbocycles. The summed E-state index contributed by atoms with van der Waals surface area (Å²) in [5.41, 5.74) is 0. The van der Waals surface area contributed by atoms with Gasteiger partial charge in [0.25, 0.3) is 6.43 Å². The molecular formula is C5H8F2N4. The zero-order valence-electron chi connectivity index (χ0n) is 6.04. The zero-order valence-corrected chi connectivity index (χ0v) is 6.04. The molecule has 0 aliphatic rings. The highest BCUT2D eigenvalue weighted by atomic mass is 19.3. The average Bonchev–Trinajstić information content (AvgIpc) is 2.36. The lowest BCUT2D eigenvalue weighted by atomic mass is 10.5. The van der Waals surface area contributed by atoms with Crippen molar-refractivity contribution in [2.45, 2.75) is 26.3 Å². The first kappa shape index (κ1) is 8.03. The molecule has 0 unspecified atom stereocenters. The van der Waals surface area contributed by atoms with Crippen LogP contribution in [0.15, 0.2) is 0 Å². The smallest absolute Gasteiger partial charge is 0.225 e. The molecule has 62 valence electrons. The van der Waals surface area contributed by atoms with Gasteiger partial charge in [0, 0.05) is 6.54 Å². The minimum atomic E-state index is -2.59. The van der Waals surface area contributed by atoms with Gasteiger partial charge in [-0.25, -0.2) is 13.5 Å². The van der Waals surface area contributed by atoms with Crippen LogP contribution in [0.2, 0.25) is 0 Å². The molecule has 11 heavy (non-hydrogen) atoms. The number of alkyl halides is 2. The van der Waals surface area contributed by atoms with E-state index in [1.165, 1.54) is 0 Å². The number of aromatic nitrogens is 4. The van der Waals surface area contributed by atoms with Crippen molar-refractivity contribution < 1.29 is 8.78 Å². The second-order valence-corrected chi connectivity index (χ2v) is 2.06. The summed E-state index contributed by atoms with van der Waals surface area (Å²) in [7, 11) is 0. The van der Waals surface area contributed by atoms with E-state index < -0.39 is 6.43 Å². The third-order valence-electron chi connectivity index (χ3n) is 1.19. The van der Waals surface area contributed by atoms with Gasteiger partial charge in [0.05, 0.1) is 0 Å². The molecule has 0 aliphatic heterocycles. The zero-order chi connectivity index (χ0) is 8.27. The molecule has 4 nitrogen and oxygen atoms in total. The second-order valence-electron chi connectivity index (χ2n) is 2.06. The van der Waals surface area contributed by atoms with Crippen LogP contribution in [-0.2, 0) is 6.54 Å². The highest BCUT2D eigenvalue weighted by Gasteiger charge is 2.15. The lowest BCUT2D eigenvalue weighted by Gasteiger charge is -1.99. The van der Waals surface area contributed by atoms with Gasteiger partial charge in [0.15, 0.2) is 0 Å². The van der Waals surface area contributed by atoms with Gasteiger partial charge in [-0.15, -0.1) is 5.10 Å². The topological polar surface area (TPSA) is 43.6 Å². The fraction of sp³-hybridized carbons (Fsp3) is 0.800. The van der Waals surface area contributed by atoms with E-state index in [-0.39, 0.29) is 5.82 Å². The van der Waals surface area contributed by atoms with Crippen LogP contribution in [0.1, 0.15) is 25.6 Å². The first-order chi connectivity index (χ1) is 5.25. The quantitative estimate of drug-likeness (QED) is 0.666. The Balaban J connectivity index is 2.78. The van der Waals surface area contributed by atoms with Gasteiger partial charge in [-0.3, -0.25) is 0 Å². The lowest BCUT2D eigenvalue weighted by molar-refractivity contribution is 0.133. The molecule has 0 saturated heterocycles. The van der Waals surface area contributed by atoms with Crippen molar-refractivity contribution in [3.63, 3.8) is 0 Å². The molecule has 0 bridgehead atoms. The normalized spacial score (nSPS) is 10.9. The summed E-state index contributed by atoms with van der Waals surface area (Å²) >= 11 is 0. The first-order valence-corrected chi connectivity index (χ1v) is 3.30. The van der Waals surface area contributed by atoms with E-state index in [2.05, 4.69) is 15.5 Å². The molecule has 1 rings (SSSR count). The molecule has 0 amide bonds. The minimum Gasteiger partial charge on any atom is -0.225 e. The Hall–Kier alpha value is -1.07. The maximum atomic E-state index is 12.0. The fourth-order valence-corrected chi connectivity index (χ4v) is 0.739. The third-order valence-corrected chi connectivity index (χ3v) is 1.19. The van der Waals surface area contributed by atoms with E-state index in [0.29, 0.717) is 6.54 Å². The Morgan fingerprint density at radius 2 is 2.27 bits per heavy atom.